The average molecular weight is 351 g/mol. The van der Waals surface area contributed by atoms with E-state index < -0.39 is 0 Å². The molecule has 132 valence electrons. The van der Waals surface area contributed by atoms with Gasteiger partial charge in [0.05, 0.1) is 6.61 Å². The van der Waals surface area contributed by atoms with Crippen LogP contribution in [0.4, 0.5) is 0 Å². The Labute approximate surface area is 146 Å². The summed E-state index contributed by atoms with van der Waals surface area (Å²) in [4.78, 5) is 11.7. The van der Waals surface area contributed by atoms with E-state index in [4.69, 9.17) is 9.47 Å². The van der Waals surface area contributed by atoms with Crippen LogP contribution in [-0.2, 0) is 11.3 Å². The number of aromatic nitrogens is 3. The van der Waals surface area contributed by atoms with Crippen molar-refractivity contribution in [3.63, 3.8) is 0 Å². The lowest BCUT2D eigenvalue weighted by Crippen LogP contribution is -2.18. The van der Waals surface area contributed by atoms with Crippen LogP contribution >= 0.6 is 11.8 Å². The Morgan fingerprint density at radius 3 is 2.62 bits per heavy atom. The molecule has 2 aromatic rings. The van der Waals surface area contributed by atoms with Gasteiger partial charge < -0.3 is 9.47 Å². The Hall–Kier alpha value is -1.73. The summed E-state index contributed by atoms with van der Waals surface area (Å²) in [5.74, 6) is 1.76. The van der Waals surface area contributed by atoms with E-state index in [0.717, 1.165) is 29.5 Å². The molecule has 0 fully saturated rings. The first-order valence-electron chi connectivity index (χ1n) is 8.08. The van der Waals surface area contributed by atoms with Gasteiger partial charge in [-0.2, -0.15) is 0 Å². The number of hydrogen-bond donors (Lipinski definition) is 1. The minimum Gasteiger partial charge on any atom is -0.494 e. The molecule has 0 atom stereocenters. The van der Waals surface area contributed by atoms with Gasteiger partial charge in [0.2, 0.25) is 0 Å². The van der Waals surface area contributed by atoms with E-state index in [-0.39, 0.29) is 5.69 Å². The van der Waals surface area contributed by atoms with Crippen LogP contribution in [0.1, 0.15) is 24.0 Å². The van der Waals surface area contributed by atoms with Crippen LogP contribution in [0.3, 0.4) is 0 Å². The Balaban J connectivity index is 1.75. The number of rotatable bonds is 10. The predicted molar refractivity (Wildman–Crippen MR) is 96.1 cm³/mol. The molecule has 0 bridgehead atoms. The summed E-state index contributed by atoms with van der Waals surface area (Å²) < 4.78 is 12.5. The van der Waals surface area contributed by atoms with Crippen molar-refractivity contribution in [1.82, 2.24) is 14.8 Å². The zero-order valence-corrected chi connectivity index (χ0v) is 15.3. The third kappa shape index (κ3) is 5.72. The third-order valence-corrected chi connectivity index (χ3v) is 4.50. The normalized spacial score (nSPS) is 11.0. The minimum atomic E-state index is -0.167. The zero-order chi connectivity index (χ0) is 17.4. The second-order valence-corrected chi connectivity index (χ2v) is 6.75. The van der Waals surface area contributed by atoms with Crippen LogP contribution in [0.2, 0.25) is 0 Å². The van der Waals surface area contributed by atoms with Crippen molar-refractivity contribution in [2.24, 2.45) is 0 Å². The smallest absolute Gasteiger partial charge is 0.343 e. The van der Waals surface area contributed by atoms with E-state index in [1.807, 2.05) is 12.1 Å². The van der Waals surface area contributed by atoms with Crippen LogP contribution in [-0.4, -0.2) is 40.8 Å². The molecule has 0 saturated carbocycles. The molecular weight excluding hydrogens is 326 g/mol. The maximum absolute atomic E-state index is 11.7. The molecule has 1 heterocycles. The van der Waals surface area contributed by atoms with Gasteiger partial charge in [-0.1, -0.05) is 17.8 Å². The zero-order valence-electron chi connectivity index (χ0n) is 14.5. The molecule has 0 amide bonds. The third-order valence-electron chi connectivity index (χ3n) is 3.44. The number of ether oxygens (including phenoxy) is 2. The first kappa shape index (κ1) is 18.6. The summed E-state index contributed by atoms with van der Waals surface area (Å²) in [5.41, 5.74) is 2.24. The second kappa shape index (κ2) is 9.54. The highest BCUT2D eigenvalue weighted by Crippen LogP contribution is 2.18. The van der Waals surface area contributed by atoms with Crippen LogP contribution in [0.5, 0.6) is 5.75 Å². The molecule has 1 aromatic carbocycles. The molecule has 0 aliphatic carbocycles. The van der Waals surface area contributed by atoms with Gasteiger partial charge in [-0.05, 0) is 49.9 Å². The maximum Gasteiger partial charge on any atom is 0.343 e. The molecule has 0 aliphatic heterocycles. The van der Waals surface area contributed by atoms with E-state index in [0.29, 0.717) is 19.8 Å². The molecule has 0 aliphatic rings. The monoisotopic (exact) mass is 351 g/mol. The molecule has 0 spiro atoms. The summed E-state index contributed by atoms with van der Waals surface area (Å²) in [6, 6.07) is 6.21. The lowest BCUT2D eigenvalue weighted by molar-refractivity contribution is 0.189. The summed E-state index contributed by atoms with van der Waals surface area (Å²) in [6.45, 7) is 6.02. The molecule has 0 unspecified atom stereocenters. The number of hydrogen-bond acceptors (Lipinski definition) is 5. The number of benzene rings is 1. The fraction of sp³-hybridized carbons (Fsp3) is 0.529. The Morgan fingerprint density at radius 2 is 1.92 bits per heavy atom. The average Bonchev–Trinajstić information content (AvgIpc) is 2.87. The first-order valence-corrected chi connectivity index (χ1v) is 9.06. The Kier molecular flexibility index (Phi) is 7.39. The van der Waals surface area contributed by atoms with Crippen LogP contribution < -0.4 is 10.4 Å². The minimum absolute atomic E-state index is 0.167. The number of aryl methyl sites for hydroxylation is 2. The maximum atomic E-state index is 11.7. The van der Waals surface area contributed by atoms with Crippen LogP contribution in [0.15, 0.2) is 28.2 Å². The molecule has 6 nitrogen and oxygen atoms in total. The summed E-state index contributed by atoms with van der Waals surface area (Å²) in [5, 5.41) is 7.31. The van der Waals surface area contributed by atoms with Gasteiger partial charge >= 0.3 is 5.69 Å². The van der Waals surface area contributed by atoms with Gasteiger partial charge in [0.1, 0.15) is 5.75 Å². The summed E-state index contributed by atoms with van der Waals surface area (Å²) in [6.07, 6.45) is 1.68. The predicted octanol–water partition coefficient (Wildman–Crippen LogP) is 2.79. The fourth-order valence-corrected chi connectivity index (χ4v) is 3.29. The van der Waals surface area contributed by atoms with E-state index in [1.165, 1.54) is 11.1 Å². The number of thioether (sulfide) groups is 1. The van der Waals surface area contributed by atoms with Gasteiger partial charge in [0, 0.05) is 26.0 Å². The first-order chi connectivity index (χ1) is 11.6. The van der Waals surface area contributed by atoms with E-state index >= 15 is 0 Å². The molecular formula is C17H25N3O3S. The highest BCUT2D eigenvalue weighted by atomic mass is 32.2. The largest absolute Gasteiger partial charge is 0.494 e. The standard InChI is InChI=1S/C17H25N3O3S/c1-13-10-14(2)12-15(11-13)23-8-5-9-24-17-19-18-16(21)20(17)6-4-7-22-3/h10-12H,4-9H2,1-3H3,(H,18,21). The fourth-order valence-electron chi connectivity index (χ4n) is 2.41. The Bertz CT molecular complexity index is 676. The van der Waals surface area contributed by atoms with Gasteiger partial charge in [0.25, 0.3) is 0 Å². The van der Waals surface area contributed by atoms with Crippen molar-refractivity contribution in [3.8, 4) is 5.75 Å². The highest BCUT2D eigenvalue weighted by molar-refractivity contribution is 7.99. The van der Waals surface area contributed by atoms with E-state index in [2.05, 4.69) is 30.1 Å². The molecule has 1 aromatic heterocycles. The van der Waals surface area contributed by atoms with E-state index in [9.17, 15) is 4.79 Å². The lowest BCUT2D eigenvalue weighted by Gasteiger charge is -2.08. The molecule has 7 heteroatoms. The number of nitrogens with one attached hydrogen (secondary N) is 1. The SMILES string of the molecule is COCCCn1c(SCCCOc2cc(C)cc(C)c2)n[nH]c1=O. The Morgan fingerprint density at radius 1 is 1.17 bits per heavy atom. The molecule has 1 N–H and O–H groups in total. The van der Waals surface area contributed by atoms with Gasteiger partial charge in [0.15, 0.2) is 5.16 Å². The molecule has 0 radical (unpaired) electrons. The van der Waals surface area contributed by atoms with Gasteiger partial charge in [-0.25, -0.2) is 9.89 Å². The highest BCUT2D eigenvalue weighted by Gasteiger charge is 2.08. The van der Waals surface area contributed by atoms with Crippen molar-refractivity contribution in [1.29, 1.82) is 0 Å². The second-order valence-electron chi connectivity index (χ2n) is 5.68. The van der Waals surface area contributed by atoms with Crippen LogP contribution in [0, 0.1) is 13.8 Å². The molecule has 2 rings (SSSR count). The van der Waals surface area contributed by atoms with E-state index in [1.54, 1.807) is 23.4 Å². The summed E-state index contributed by atoms with van der Waals surface area (Å²) >= 11 is 1.57. The quantitative estimate of drug-likeness (QED) is 0.526. The summed E-state index contributed by atoms with van der Waals surface area (Å²) in [7, 11) is 1.66. The van der Waals surface area contributed by atoms with Crippen molar-refractivity contribution >= 4 is 11.8 Å². The van der Waals surface area contributed by atoms with Crippen molar-refractivity contribution in [2.45, 2.75) is 38.4 Å². The molecule has 0 saturated heterocycles. The number of aromatic amines is 1. The van der Waals surface area contributed by atoms with Gasteiger partial charge in [-0.3, -0.25) is 4.57 Å². The van der Waals surface area contributed by atoms with Crippen molar-refractivity contribution in [2.75, 3.05) is 26.1 Å². The topological polar surface area (TPSA) is 69.1 Å². The molecule has 24 heavy (non-hydrogen) atoms. The number of methoxy groups -OCH3 is 1. The van der Waals surface area contributed by atoms with Crippen molar-refractivity contribution in [3.05, 3.63) is 39.8 Å². The van der Waals surface area contributed by atoms with Gasteiger partial charge in [-0.15, -0.1) is 5.10 Å². The van der Waals surface area contributed by atoms with Crippen LogP contribution in [0.25, 0.3) is 0 Å². The number of nitrogens with zero attached hydrogens (tertiary/aromatic N) is 2. The van der Waals surface area contributed by atoms with Crippen molar-refractivity contribution < 1.29 is 9.47 Å². The number of H-pyrrole nitrogens is 1. The lowest BCUT2D eigenvalue weighted by atomic mass is 10.1.